The van der Waals surface area contributed by atoms with Crippen LogP contribution >= 0.6 is 0 Å². The van der Waals surface area contributed by atoms with E-state index in [1.54, 1.807) is 6.07 Å². The fraction of sp³-hybridized carbons (Fsp3) is 0.412. The molecule has 0 amide bonds. The van der Waals surface area contributed by atoms with Crippen molar-refractivity contribution in [2.24, 2.45) is 0 Å². The molecule has 0 fully saturated rings. The number of benzene rings is 1. The molecular formula is C17H20N2O3. The summed E-state index contributed by atoms with van der Waals surface area (Å²) >= 11 is 0. The van der Waals surface area contributed by atoms with Gasteiger partial charge in [0.2, 0.25) is 0 Å². The molecule has 0 spiro atoms. The van der Waals surface area contributed by atoms with E-state index in [-0.39, 0.29) is 11.3 Å². The van der Waals surface area contributed by atoms with Crippen molar-refractivity contribution in [3.8, 4) is 0 Å². The minimum Gasteiger partial charge on any atom is -0.422 e. The predicted octanol–water partition coefficient (Wildman–Crippen LogP) is 2.66. The van der Waals surface area contributed by atoms with E-state index in [4.69, 9.17) is 4.42 Å². The van der Waals surface area contributed by atoms with Gasteiger partial charge >= 0.3 is 5.63 Å². The molecule has 1 aromatic heterocycles. The summed E-state index contributed by atoms with van der Waals surface area (Å²) in [6, 6.07) is 5.58. The van der Waals surface area contributed by atoms with E-state index in [0.717, 1.165) is 42.9 Å². The molecule has 5 nitrogen and oxygen atoms in total. The Labute approximate surface area is 129 Å². The van der Waals surface area contributed by atoms with Crippen molar-refractivity contribution < 1.29 is 9.21 Å². The normalized spacial score (nSPS) is 14.3. The van der Waals surface area contributed by atoms with Crippen LogP contribution in [0.4, 0.5) is 11.4 Å². The molecule has 5 heteroatoms. The molecule has 0 aliphatic carbocycles. The molecule has 0 N–H and O–H groups in total. The summed E-state index contributed by atoms with van der Waals surface area (Å²) in [5.41, 5.74) is 2.29. The summed E-state index contributed by atoms with van der Waals surface area (Å²) in [5, 5.41) is 0.792. The first-order valence-electron chi connectivity index (χ1n) is 7.67. The Morgan fingerprint density at radius 3 is 2.23 bits per heavy atom. The second-order valence-corrected chi connectivity index (χ2v) is 5.54. The molecule has 2 heterocycles. The zero-order valence-electron chi connectivity index (χ0n) is 13.2. The minimum atomic E-state index is -0.564. The van der Waals surface area contributed by atoms with Crippen LogP contribution in [0.5, 0.6) is 0 Å². The lowest BCUT2D eigenvalue weighted by Crippen LogP contribution is -2.40. The average Bonchev–Trinajstić information content (AvgIpc) is 2.51. The van der Waals surface area contributed by atoms with Crippen molar-refractivity contribution in [1.82, 2.24) is 0 Å². The summed E-state index contributed by atoms with van der Waals surface area (Å²) in [7, 11) is 0. The van der Waals surface area contributed by atoms with Crippen molar-refractivity contribution in [3.63, 3.8) is 0 Å². The third-order valence-corrected chi connectivity index (χ3v) is 4.29. The molecule has 1 aliphatic rings. The van der Waals surface area contributed by atoms with Gasteiger partial charge in [-0.15, -0.1) is 0 Å². The van der Waals surface area contributed by atoms with E-state index >= 15 is 0 Å². The molecular weight excluding hydrogens is 280 g/mol. The van der Waals surface area contributed by atoms with Gasteiger partial charge in [-0.2, -0.15) is 0 Å². The number of carbonyl (C=O) groups is 1. The highest BCUT2D eigenvalue weighted by Gasteiger charge is 2.22. The van der Waals surface area contributed by atoms with Crippen LogP contribution in [0.15, 0.2) is 27.4 Å². The van der Waals surface area contributed by atoms with E-state index in [0.29, 0.717) is 5.58 Å². The zero-order chi connectivity index (χ0) is 15.9. The van der Waals surface area contributed by atoms with E-state index < -0.39 is 5.63 Å². The summed E-state index contributed by atoms with van der Waals surface area (Å²) in [5.74, 6) is -0.268. The summed E-state index contributed by atoms with van der Waals surface area (Å²) < 4.78 is 5.36. The van der Waals surface area contributed by atoms with Gasteiger partial charge in [0.1, 0.15) is 11.1 Å². The van der Waals surface area contributed by atoms with Gasteiger partial charge in [-0.05, 0) is 32.9 Å². The van der Waals surface area contributed by atoms with E-state index in [2.05, 4.69) is 23.6 Å². The van der Waals surface area contributed by atoms with Crippen molar-refractivity contribution in [1.29, 1.82) is 0 Å². The number of likely N-dealkylation sites (N-methyl/N-ethyl adjacent to an activating group) is 2. The number of fused-ring (bicyclic) bond motifs is 2. The topological polar surface area (TPSA) is 53.8 Å². The molecule has 1 aliphatic heterocycles. The monoisotopic (exact) mass is 300 g/mol. The van der Waals surface area contributed by atoms with E-state index in [1.807, 2.05) is 12.1 Å². The van der Waals surface area contributed by atoms with Crippen LogP contribution in [0.1, 0.15) is 31.1 Å². The lowest BCUT2D eigenvalue weighted by molar-refractivity contribution is 0.101. The van der Waals surface area contributed by atoms with Gasteiger partial charge in [-0.3, -0.25) is 4.79 Å². The smallest absolute Gasteiger partial charge is 0.347 e. The highest BCUT2D eigenvalue weighted by Crippen LogP contribution is 2.36. The Morgan fingerprint density at radius 2 is 1.68 bits per heavy atom. The quantitative estimate of drug-likeness (QED) is 0.644. The average molecular weight is 300 g/mol. The molecule has 1 aromatic carbocycles. The van der Waals surface area contributed by atoms with Crippen LogP contribution in [0.3, 0.4) is 0 Å². The highest BCUT2D eigenvalue weighted by atomic mass is 16.4. The summed E-state index contributed by atoms with van der Waals surface area (Å²) in [6.45, 7) is 9.38. The molecule has 0 atom stereocenters. The van der Waals surface area contributed by atoms with Gasteiger partial charge in [0.15, 0.2) is 5.78 Å². The molecule has 116 valence electrons. The van der Waals surface area contributed by atoms with E-state index in [9.17, 15) is 9.59 Å². The number of hydrogen-bond acceptors (Lipinski definition) is 5. The van der Waals surface area contributed by atoms with Gasteiger partial charge in [0, 0.05) is 37.6 Å². The van der Waals surface area contributed by atoms with Crippen LogP contribution in [0.25, 0.3) is 11.0 Å². The molecule has 0 saturated carbocycles. The van der Waals surface area contributed by atoms with Crippen LogP contribution in [0, 0.1) is 0 Å². The van der Waals surface area contributed by atoms with Crippen LogP contribution in [-0.2, 0) is 0 Å². The largest absolute Gasteiger partial charge is 0.422 e. The first kappa shape index (κ1) is 14.6. The van der Waals surface area contributed by atoms with Crippen molar-refractivity contribution in [2.75, 3.05) is 36.0 Å². The Hall–Kier alpha value is -2.30. The Bertz CT molecular complexity index is 794. The number of carbonyl (C=O) groups excluding carboxylic acids is 1. The number of anilines is 2. The van der Waals surface area contributed by atoms with Crippen LogP contribution < -0.4 is 15.4 Å². The molecule has 0 radical (unpaired) electrons. The maximum atomic E-state index is 11.9. The standard InChI is InChI=1S/C17H20N2O3/c1-4-18-6-7-19(5-2)15-10-16-12(9-14(15)18)8-13(11(3)20)17(21)22-16/h8-10H,4-7H2,1-3H3. The minimum absolute atomic E-state index is 0.110. The van der Waals surface area contributed by atoms with Crippen LogP contribution in [0.2, 0.25) is 0 Å². The highest BCUT2D eigenvalue weighted by molar-refractivity contribution is 5.98. The lowest BCUT2D eigenvalue weighted by atomic mass is 10.1. The summed E-state index contributed by atoms with van der Waals surface area (Å²) in [4.78, 5) is 28.0. The third-order valence-electron chi connectivity index (χ3n) is 4.29. The molecule has 3 rings (SSSR count). The van der Waals surface area contributed by atoms with Gasteiger partial charge < -0.3 is 14.2 Å². The molecule has 0 unspecified atom stereocenters. The lowest BCUT2D eigenvalue weighted by Gasteiger charge is -2.38. The van der Waals surface area contributed by atoms with Gasteiger partial charge in [0.25, 0.3) is 0 Å². The molecule has 0 saturated heterocycles. The third kappa shape index (κ3) is 2.26. The SMILES string of the molecule is CCN1CCN(CC)c2cc3oc(=O)c(C(C)=O)cc3cc21. The predicted molar refractivity (Wildman–Crippen MR) is 88.3 cm³/mol. The van der Waals surface area contributed by atoms with Crippen molar-refractivity contribution in [3.05, 3.63) is 34.2 Å². The Balaban J connectivity index is 2.26. The molecule has 2 aromatic rings. The number of rotatable bonds is 3. The first-order chi connectivity index (χ1) is 10.5. The molecule has 22 heavy (non-hydrogen) atoms. The fourth-order valence-electron chi connectivity index (χ4n) is 3.04. The van der Waals surface area contributed by atoms with Crippen LogP contribution in [-0.4, -0.2) is 32.0 Å². The number of nitrogens with zero attached hydrogens (tertiary/aromatic N) is 2. The number of hydrogen-bond donors (Lipinski definition) is 0. The Kier molecular flexibility index (Phi) is 3.64. The number of ketones is 1. The maximum Gasteiger partial charge on any atom is 0.347 e. The van der Waals surface area contributed by atoms with Gasteiger partial charge in [-0.25, -0.2) is 4.79 Å². The van der Waals surface area contributed by atoms with Gasteiger partial charge in [0.05, 0.1) is 11.4 Å². The summed E-state index contributed by atoms with van der Waals surface area (Å²) in [6.07, 6.45) is 0. The second kappa shape index (κ2) is 5.48. The number of Topliss-reactive ketones (excluding diaryl/α,β-unsaturated/α-hetero) is 1. The van der Waals surface area contributed by atoms with Crippen molar-refractivity contribution >= 4 is 28.1 Å². The van der Waals surface area contributed by atoms with Gasteiger partial charge in [-0.1, -0.05) is 0 Å². The molecule has 0 bridgehead atoms. The maximum absolute atomic E-state index is 11.9. The van der Waals surface area contributed by atoms with E-state index in [1.165, 1.54) is 6.92 Å². The second-order valence-electron chi connectivity index (χ2n) is 5.54. The van der Waals surface area contributed by atoms with Crippen molar-refractivity contribution in [2.45, 2.75) is 20.8 Å². The first-order valence-corrected chi connectivity index (χ1v) is 7.67. The zero-order valence-corrected chi connectivity index (χ0v) is 13.2. The fourth-order valence-corrected chi connectivity index (χ4v) is 3.04. The Morgan fingerprint density at radius 1 is 1.09 bits per heavy atom.